The number of H-pyrrole nitrogens is 1. The molecular weight excluding hydrogens is 421 g/mol. The van der Waals surface area contributed by atoms with Gasteiger partial charge in [-0.2, -0.15) is 13.2 Å². The Bertz CT molecular complexity index is 1340. The van der Waals surface area contributed by atoms with Gasteiger partial charge in [0, 0.05) is 34.5 Å². The normalized spacial score (nSPS) is 11.8. The van der Waals surface area contributed by atoms with E-state index in [1.807, 2.05) is 0 Å². The number of carbonyl (C=O) groups excluding carboxylic acids is 2. The van der Waals surface area contributed by atoms with Crippen molar-refractivity contribution in [1.29, 1.82) is 0 Å². The molecule has 4 aromatic rings. The van der Waals surface area contributed by atoms with E-state index in [0.717, 1.165) is 24.3 Å². The number of ketones is 1. The van der Waals surface area contributed by atoms with Crippen molar-refractivity contribution < 1.29 is 22.8 Å². The highest BCUT2D eigenvalue weighted by atomic mass is 19.4. The molecule has 0 saturated carbocycles. The monoisotopic (exact) mass is 436 g/mol. The maximum atomic E-state index is 12.7. The summed E-state index contributed by atoms with van der Waals surface area (Å²) in [6.45, 7) is 0. The molecular formula is C23H15F3N4O2. The molecule has 160 valence electrons. The lowest BCUT2D eigenvalue weighted by atomic mass is 10.00. The summed E-state index contributed by atoms with van der Waals surface area (Å²) < 4.78 is 38.1. The lowest BCUT2D eigenvalue weighted by Crippen LogP contribution is -2.06. The van der Waals surface area contributed by atoms with Crippen molar-refractivity contribution in [1.82, 2.24) is 15.0 Å². The Morgan fingerprint density at radius 2 is 1.59 bits per heavy atom. The highest BCUT2D eigenvalue weighted by molar-refractivity contribution is 6.09. The number of benzene rings is 2. The van der Waals surface area contributed by atoms with Gasteiger partial charge in [-0.25, -0.2) is 9.97 Å². The van der Waals surface area contributed by atoms with Crippen molar-refractivity contribution in [2.75, 3.05) is 0 Å². The number of carbonyl (C=O) groups is 2. The molecule has 2 heterocycles. The number of nitrogens with two attached hydrogens (primary N) is 1. The van der Waals surface area contributed by atoms with E-state index in [1.165, 1.54) is 12.2 Å². The number of hydrogen-bond donors (Lipinski definition) is 2. The van der Waals surface area contributed by atoms with Gasteiger partial charge in [0.05, 0.1) is 17.5 Å². The fraction of sp³-hybridized carbons (Fsp3) is 0.0435. The van der Waals surface area contributed by atoms with E-state index in [1.54, 1.807) is 36.7 Å². The molecule has 3 N–H and O–H groups in total. The van der Waals surface area contributed by atoms with Crippen LogP contribution in [0, 0.1) is 0 Å². The lowest BCUT2D eigenvalue weighted by Gasteiger charge is -2.08. The number of hydrogen-bond acceptors (Lipinski definition) is 4. The molecule has 0 atom stereocenters. The summed E-state index contributed by atoms with van der Waals surface area (Å²) in [6, 6.07) is 10.6. The van der Waals surface area contributed by atoms with Gasteiger partial charge in [-0.3, -0.25) is 9.59 Å². The molecule has 0 fully saturated rings. The molecule has 0 aliphatic carbocycles. The van der Waals surface area contributed by atoms with Gasteiger partial charge < -0.3 is 10.7 Å². The summed E-state index contributed by atoms with van der Waals surface area (Å²) in [7, 11) is 0. The second kappa shape index (κ2) is 8.10. The predicted molar refractivity (Wildman–Crippen MR) is 112 cm³/mol. The molecule has 0 bridgehead atoms. The van der Waals surface area contributed by atoms with Crippen molar-refractivity contribution >= 4 is 28.9 Å². The van der Waals surface area contributed by atoms with E-state index >= 15 is 0 Å². The third-order valence-corrected chi connectivity index (χ3v) is 4.75. The first-order valence-corrected chi connectivity index (χ1v) is 9.36. The minimum Gasteiger partial charge on any atom is -0.366 e. The fourth-order valence-corrected chi connectivity index (χ4v) is 3.12. The van der Waals surface area contributed by atoms with Crippen LogP contribution in [0.1, 0.15) is 27.0 Å². The Kier molecular flexibility index (Phi) is 5.31. The van der Waals surface area contributed by atoms with E-state index < -0.39 is 23.4 Å². The molecule has 0 spiro atoms. The Morgan fingerprint density at radius 1 is 0.969 bits per heavy atom. The molecule has 9 heteroatoms. The number of rotatable bonds is 5. The number of halogens is 3. The third-order valence-electron chi connectivity index (χ3n) is 4.75. The third kappa shape index (κ3) is 4.27. The van der Waals surface area contributed by atoms with Gasteiger partial charge in [0.15, 0.2) is 11.4 Å². The van der Waals surface area contributed by atoms with E-state index in [0.29, 0.717) is 33.5 Å². The maximum absolute atomic E-state index is 12.7. The average molecular weight is 436 g/mol. The van der Waals surface area contributed by atoms with E-state index in [9.17, 15) is 22.8 Å². The second-order valence-electron chi connectivity index (χ2n) is 6.91. The van der Waals surface area contributed by atoms with Crippen LogP contribution in [0.25, 0.3) is 28.5 Å². The van der Waals surface area contributed by atoms with Crippen molar-refractivity contribution in [3.63, 3.8) is 0 Å². The molecule has 0 saturated heterocycles. The number of amides is 1. The van der Waals surface area contributed by atoms with E-state index in [4.69, 9.17) is 5.73 Å². The van der Waals surface area contributed by atoms with E-state index in [-0.39, 0.29) is 5.56 Å². The number of nitrogens with zero attached hydrogens (tertiary/aromatic N) is 2. The Labute approximate surface area is 179 Å². The topological polar surface area (TPSA) is 102 Å². The highest BCUT2D eigenvalue weighted by Crippen LogP contribution is 2.29. The van der Waals surface area contributed by atoms with Gasteiger partial charge >= 0.3 is 6.18 Å². The van der Waals surface area contributed by atoms with Crippen LogP contribution in [0.5, 0.6) is 0 Å². The summed E-state index contributed by atoms with van der Waals surface area (Å²) in [6.07, 6.45) is 1.51. The average Bonchev–Trinajstić information content (AvgIpc) is 3.19. The van der Waals surface area contributed by atoms with Crippen LogP contribution in [0.15, 0.2) is 67.0 Å². The number of primary amides is 1. The van der Waals surface area contributed by atoms with Crippen molar-refractivity contribution in [3.05, 3.63) is 89.3 Å². The molecule has 0 aliphatic rings. The van der Waals surface area contributed by atoms with Crippen LogP contribution < -0.4 is 5.73 Å². The Balaban J connectivity index is 1.59. The molecule has 0 radical (unpaired) electrons. The SMILES string of the molecule is NC(=O)/C=C/c1c[nH]c2ncc(-c3ccc(C(=O)c4ccc(C(F)(F)F)cc4)cc3)nc12. The first kappa shape index (κ1) is 21.0. The molecule has 4 rings (SSSR count). The summed E-state index contributed by atoms with van der Waals surface area (Å²) >= 11 is 0. The molecule has 2 aromatic carbocycles. The molecule has 32 heavy (non-hydrogen) atoms. The van der Waals surface area contributed by atoms with Crippen LogP contribution in [0.4, 0.5) is 13.2 Å². The highest BCUT2D eigenvalue weighted by Gasteiger charge is 2.30. The minimum absolute atomic E-state index is 0.158. The summed E-state index contributed by atoms with van der Waals surface area (Å²) in [5.41, 5.74) is 7.76. The minimum atomic E-state index is -4.46. The van der Waals surface area contributed by atoms with Gasteiger partial charge in [-0.1, -0.05) is 36.4 Å². The van der Waals surface area contributed by atoms with Crippen LogP contribution in [-0.4, -0.2) is 26.6 Å². The summed E-state index contributed by atoms with van der Waals surface area (Å²) in [5.74, 6) is -0.979. The van der Waals surface area contributed by atoms with Gasteiger partial charge in [0.1, 0.15) is 5.52 Å². The summed E-state index contributed by atoms with van der Waals surface area (Å²) in [5, 5.41) is 0. The zero-order valence-corrected chi connectivity index (χ0v) is 16.4. The van der Waals surface area contributed by atoms with Crippen molar-refractivity contribution in [2.24, 2.45) is 5.73 Å². The lowest BCUT2D eigenvalue weighted by molar-refractivity contribution is -0.137. The molecule has 1 amide bonds. The van der Waals surface area contributed by atoms with Gasteiger partial charge in [0.25, 0.3) is 0 Å². The van der Waals surface area contributed by atoms with Gasteiger partial charge in [0.2, 0.25) is 5.91 Å². The Morgan fingerprint density at radius 3 is 2.19 bits per heavy atom. The first-order valence-electron chi connectivity index (χ1n) is 9.36. The first-order chi connectivity index (χ1) is 15.2. The van der Waals surface area contributed by atoms with Gasteiger partial charge in [-0.15, -0.1) is 0 Å². The predicted octanol–water partition coefficient (Wildman–Crippen LogP) is 4.37. The maximum Gasteiger partial charge on any atom is 0.416 e. The van der Waals surface area contributed by atoms with Crippen molar-refractivity contribution in [2.45, 2.75) is 6.18 Å². The van der Waals surface area contributed by atoms with Gasteiger partial charge in [-0.05, 0) is 18.2 Å². The zero-order valence-electron chi connectivity index (χ0n) is 16.4. The van der Waals surface area contributed by atoms with Crippen LogP contribution in [-0.2, 0) is 11.0 Å². The molecule has 0 unspecified atom stereocenters. The van der Waals surface area contributed by atoms with Crippen LogP contribution in [0.2, 0.25) is 0 Å². The summed E-state index contributed by atoms with van der Waals surface area (Å²) in [4.78, 5) is 35.4. The van der Waals surface area contributed by atoms with E-state index in [2.05, 4.69) is 15.0 Å². The standard InChI is InChI=1S/C23H15F3N4O2/c24-23(25,26)17-8-5-15(6-9-17)21(32)14-3-1-13(2-4-14)18-12-29-22-20(30-18)16(11-28-22)7-10-19(27)31/h1-12H,(H2,27,31)(H,28,29)/b10-7+. The smallest absolute Gasteiger partial charge is 0.366 e. The molecule has 6 nitrogen and oxygen atoms in total. The van der Waals surface area contributed by atoms with Crippen LogP contribution >= 0.6 is 0 Å². The quantitative estimate of drug-likeness (QED) is 0.358. The second-order valence-corrected chi connectivity index (χ2v) is 6.91. The number of nitrogens with one attached hydrogen (secondary N) is 1. The zero-order chi connectivity index (χ0) is 22.9. The number of fused-ring (bicyclic) bond motifs is 1. The number of alkyl halides is 3. The molecule has 2 aromatic heterocycles. The number of aromatic amines is 1. The van der Waals surface area contributed by atoms with Crippen molar-refractivity contribution in [3.8, 4) is 11.3 Å². The Hall–Kier alpha value is -4.27. The number of aromatic nitrogens is 3. The largest absolute Gasteiger partial charge is 0.416 e. The molecule has 0 aliphatic heterocycles. The van der Waals surface area contributed by atoms with Crippen LogP contribution in [0.3, 0.4) is 0 Å². The fourth-order valence-electron chi connectivity index (χ4n) is 3.12.